The Morgan fingerprint density at radius 3 is 2.36 bits per heavy atom. The largest absolute Gasteiger partial charge is 0.337 e. The third-order valence-electron chi connectivity index (χ3n) is 5.78. The van der Waals surface area contributed by atoms with Gasteiger partial charge in [0.15, 0.2) is 5.17 Å². The summed E-state index contributed by atoms with van der Waals surface area (Å²) in [5, 5.41) is 2.22. The van der Waals surface area contributed by atoms with E-state index in [4.69, 9.17) is 16.6 Å². The van der Waals surface area contributed by atoms with Crippen LogP contribution >= 0.6 is 35.1 Å². The number of carbonyl (C=O) groups is 1. The maximum atomic E-state index is 13.8. The maximum absolute atomic E-state index is 13.8. The van der Waals surface area contributed by atoms with Crippen LogP contribution in [0.15, 0.2) is 80.5 Å². The van der Waals surface area contributed by atoms with Crippen LogP contribution in [0.1, 0.15) is 16.7 Å². The molecule has 2 heterocycles. The number of nitrogens with zero attached hydrogens (tertiary/aromatic N) is 3. The standard InChI is InChI=1S/C26H22ClN3OS2/c1-15-5-10-20(11-6-15)30-24(31)23(25-29(4)21-14-18(27)8-12-22(21)32-25)33-26(30)28-19-9-7-16(2)17(3)13-19/h5-14H,1-4H3. The van der Waals surface area contributed by atoms with Crippen molar-refractivity contribution < 1.29 is 4.79 Å². The summed E-state index contributed by atoms with van der Waals surface area (Å²) in [6.07, 6.45) is 0. The first kappa shape index (κ1) is 22.1. The number of amidine groups is 1. The van der Waals surface area contributed by atoms with Crippen LogP contribution in [0.4, 0.5) is 17.1 Å². The van der Waals surface area contributed by atoms with Crippen molar-refractivity contribution >= 4 is 63.3 Å². The van der Waals surface area contributed by atoms with Gasteiger partial charge in [0.05, 0.1) is 22.1 Å². The summed E-state index contributed by atoms with van der Waals surface area (Å²) in [5.74, 6) is -0.0697. The van der Waals surface area contributed by atoms with Gasteiger partial charge in [-0.05, 0) is 86.1 Å². The Hall–Kier alpha value is -2.67. The topological polar surface area (TPSA) is 35.9 Å². The van der Waals surface area contributed by atoms with Crippen LogP contribution in [0.3, 0.4) is 0 Å². The van der Waals surface area contributed by atoms with Gasteiger partial charge in [-0.2, -0.15) is 0 Å². The number of benzene rings is 3. The maximum Gasteiger partial charge on any atom is 0.274 e. The monoisotopic (exact) mass is 491 g/mol. The molecule has 3 aromatic carbocycles. The number of rotatable bonds is 2. The number of halogens is 1. The summed E-state index contributed by atoms with van der Waals surface area (Å²) in [5.41, 5.74) is 6.17. The number of amides is 1. The summed E-state index contributed by atoms with van der Waals surface area (Å²) in [6, 6.07) is 19.9. The molecule has 0 atom stereocenters. The molecule has 5 rings (SSSR count). The number of aliphatic imine (C=N–C) groups is 1. The van der Waals surface area contributed by atoms with E-state index in [9.17, 15) is 4.79 Å². The third-order valence-corrected chi connectivity index (χ3v) is 8.41. The lowest BCUT2D eigenvalue weighted by atomic mass is 10.1. The van der Waals surface area contributed by atoms with Crippen molar-refractivity contribution in [3.05, 3.63) is 92.3 Å². The summed E-state index contributed by atoms with van der Waals surface area (Å²) in [4.78, 5) is 24.2. The minimum atomic E-state index is -0.0697. The Balaban J connectivity index is 1.61. The molecule has 0 bridgehead atoms. The van der Waals surface area contributed by atoms with Gasteiger partial charge in [-0.1, -0.05) is 47.1 Å². The lowest BCUT2D eigenvalue weighted by molar-refractivity contribution is -0.113. The first-order valence-corrected chi connectivity index (χ1v) is 12.5. The fraction of sp³-hybridized carbons (Fsp3) is 0.154. The molecule has 0 N–H and O–H groups in total. The summed E-state index contributed by atoms with van der Waals surface area (Å²) < 4.78 is 0. The average molecular weight is 492 g/mol. The molecule has 3 aromatic rings. The number of thioether (sulfide) groups is 2. The molecule has 2 aliphatic rings. The van der Waals surface area contributed by atoms with Crippen molar-refractivity contribution in [3.63, 3.8) is 0 Å². The number of aryl methyl sites for hydroxylation is 3. The van der Waals surface area contributed by atoms with Crippen molar-refractivity contribution in [1.82, 2.24) is 0 Å². The summed E-state index contributed by atoms with van der Waals surface area (Å²) in [7, 11) is 1.97. The Morgan fingerprint density at radius 1 is 0.879 bits per heavy atom. The highest BCUT2D eigenvalue weighted by molar-refractivity contribution is 8.20. The molecule has 0 unspecified atom stereocenters. The number of carbonyl (C=O) groups excluding carboxylic acids is 1. The number of fused-ring (bicyclic) bond motifs is 1. The van der Waals surface area contributed by atoms with Crippen LogP contribution in [0.25, 0.3) is 0 Å². The minimum Gasteiger partial charge on any atom is -0.337 e. The van der Waals surface area contributed by atoms with E-state index >= 15 is 0 Å². The molecular weight excluding hydrogens is 470 g/mol. The number of hydrogen-bond donors (Lipinski definition) is 0. The second kappa shape index (κ2) is 8.60. The number of anilines is 2. The van der Waals surface area contributed by atoms with Gasteiger partial charge in [-0.25, -0.2) is 4.99 Å². The molecule has 0 saturated carbocycles. The van der Waals surface area contributed by atoms with Gasteiger partial charge >= 0.3 is 0 Å². The molecule has 166 valence electrons. The van der Waals surface area contributed by atoms with E-state index in [1.807, 2.05) is 67.4 Å². The highest BCUT2D eigenvalue weighted by Gasteiger charge is 2.40. The van der Waals surface area contributed by atoms with E-state index in [-0.39, 0.29) is 5.91 Å². The van der Waals surface area contributed by atoms with E-state index < -0.39 is 0 Å². The Kier molecular flexibility index (Phi) is 5.77. The lowest BCUT2D eigenvalue weighted by Crippen LogP contribution is -2.29. The first-order chi connectivity index (χ1) is 15.8. The van der Waals surface area contributed by atoms with E-state index in [0.717, 1.165) is 32.6 Å². The molecular formula is C26H22ClN3OS2. The van der Waals surface area contributed by atoms with Crippen LogP contribution in [0.5, 0.6) is 0 Å². The SMILES string of the molecule is Cc1ccc(N2C(=O)C(=C3Sc4ccc(Cl)cc4N3C)SC2=Nc2ccc(C)c(C)c2)cc1. The zero-order valence-corrected chi connectivity index (χ0v) is 21.1. The predicted molar refractivity (Wildman–Crippen MR) is 142 cm³/mol. The molecule has 0 radical (unpaired) electrons. The van der Waals surface area contributed by atoms with Crippen LogP contribution in [-0.4, -0.2) is 18.1 Å². The van der Waals surface area contributed by atoms with Gasteiger partial charge < -0.3 is 4.90 Å². The Labute approximate surface area is 207 Å². The van der Waals surface area contributed by atoms with E-state index in [0.29, 0.717) is 15.1 Å². The molecule has 0 aliphatic carbocycles. The van der Waals surface area contributed by atoms with Crippen LogP contribution in [0, 0.1) is 20.8 Å². The highest BCUT2D eigenvalue weighted by atomic mass is 35.5. The van der Waals surface area contributed by atoms with Gasteiger partial charge in [0.2, 0.25) is 0 Å². The fourth-order valence-corrected chi connectivity index (χ4v) is 6.22. The van der Waals surface area contributed by atoms with E-state index in [1.165, 1.54) is 22.9 Å². The zero-order valence-electron chi connectivity index (χ0n) is 18.7. The van der Waals surface area contributed by atoms with Crippen LogP contribution in [0.2, 0.25) is 5.02 Å². The summed E-state index contributed by atoms with van der Waals surface area (Å²) >= 11 is 9.23. The zero-order chi connectivity index (χ0) is 23.3. The van der Waals surface area contributed by atoms with Crippen LogP contribution in [-0.2, 0) is 4.79 Å². The van der Waals surface area contributed by atoms with Crippen molar-refractivity contribution in [2.24, 2.45) is 4.99 Å². The molecule has 0 aromatic heterocycles. The third kappa shape index (κ3) is 4.07. The predicted octanol–water partition coefficient (Wildman–Crippen LogP) is 7.44. The van der Waals surface area contributed by atoms with Gasteiger partial charge in [0.25, 0.3) is 5.91 Å². The van der Waals surface area contributed by atoms with Crippen LogP contribution < -0.4 is 9.80 Å². The molecule has 1 saturated heterocycles. The van der Waals surface area contributed by atoms with E-state index in [2.05, 4.69) is 26.0 Å². The molecule has 1 amide bonds. The number of hydrogen-bond acceptors (Lipinski definition) is 5. The van der Waals surface area contributed by atoms with Gasteiger partial charge in [-0.15, -0.1) is 0 Å². The van der Waals surface area contributed by atoms with Crippen molar-refractivity contribution in [2.45, 2.75) is 25.7 Å². The average Bonchev–Trinajstić information content (AvgIpc) is 3.28. The Morgan fingerprint density at radius 2 is 1.64 bits per heavy atom. The van der Waals surface area contributed by atoms with Gasteiger partial charge in [0.1, 0.15) is 4.91 Å². The smallest absolute Gasteiger partial charge is 0.274 e. The van der Waals surface area contributed by atoms with Gasteiger partial charge in [0, 0.05) is 17.0 Å². The van der Waals surface area contributed by atoms with Crippen molar-refractivity contribution in [3.8, 4) is 0 Å². The Bertz CT molecular complexity index is 1350. The van der Waals surface area contributed by atoms with Gasteiger partial charge in [-0.3, -0.25) is 9.69 Å². The molecule has 33 heavy (non-hydrogen) atoms. The van der Waals surface area contributed by atoms with E-state index in [1.54, 1.807) is 16.7 Å². The quantitative estimate of drug-likeness (QED) is 0.349. The normalized spacial score (nSPS) is 19.1. The first-order valence-electron chi connectivity index (χ1n) is 10.5. The minimum absolute atomic E-state index is 0.0697. The highest BCUT2D eigenvalue weighted by Crippen LogP contribution is 2.51. The molecule has 2 aliphatic heterocycles. The molecule has 1 fully saturated rings. The lowest BCUT2D eigenvalue weighted by Gasteiger charge is -2.17. The molecule has 4 nitrogen and oxygen atoms in total. The second-order valence-electron chi connectivity index (χ2n) is 8.15. The van der Waals surface area contributed by atoms with Crippen molar-refractivity contribution in [1.29, 1.82) is 0 Å². The molecule has 7 heteroatoms. The summed E-state index contributed by atoms with van der Waals surface area (Å²) in [6.45, 7) is 6.19. The fourth-order valence-electron chi connectivity index (χ4n) is 3.72. The second-order valence-corrected chi connectivity index (χ2v) is 10.6. The molecule has 0 spiro atoms. The van der Waals surface area contributed by atoms with Crippen molar-refractivity contribution in [2.75, 3.05) is 16.8 Å².